The summed E-state index contributed by atoms with van der Waals surface area (Å²) in [6, 6.07) is 12.6. The van der Waals surface area contributed by atoms with Crippen molar-refractivity contribution in [2.24, 2.45) is 5.41 Å². The molecule has 1 unspecified atom stereocenters. The summed E-state index contributed by atoms with van der Waals surface area (Å²) in [6.45, 7) is 1.89. The number of fused-ring (bicyclic) bond motifs is 1. The lowest BCUT2D eigenvalue weighted by Crippen LogP contribution is -2.44. The van der Waals surface area contributed by atoms with Crippen molar-refractivity contribution < 1.29 is 14.2 Å². The fourth-order valence-electron chi connectivity index (χ4n) is 5.50. The molecule has 0 saturated carbocycles. The Kier molecular flexibility index (Phi) is 8.99. The Hall–Kier alpha value is -2.21. The molecule has 6 heteroatoms. The van der Waals surface area contributed by atoms with Crippen molar-refractivity contribution in [3.63, 3.8) is 0 Å². The number of pyridine rings is 1. The maximum absolute atomic E-state index is 13.1. The van der Waals surface area contributed by atoms with Crippen LogP contribution < -0.4 is 10.1 Å². The summed E-state index contributed by atoms with van der Waals surface area (Å²) in [6.07, 6.45) is 9.86. The van der Waals surface area contributed by atoms with Crippen molar-refractivity contribution >= 4 is 22.5 Å². The first-order valence-corrected chi connectivity index (χ1v) is 13.1. The second-order valence-electron chi connectivity index (χ2n) is 9.82. The molecule has 0 radical (unpaired) electrons. The van der Waals surface area contributed by atoms with E-state index in [9.17, 15) is 9.50 Å². The van der Waals surface area contributed by atoms with Crippen LogP contribution in [-0.2, 0) is 12.8 Å². The number of piperidine rings is 1. The second kappa shape index (κ2) is 12.2. The highest BCUT2D eigenvalue weighted by atomic mass is 35.5. The largest absolute Gasteiger partial charge is 0.497 e. The molecular weight excluding hydrogens is 463 g/mol. The number of hydrogen-bond acceptors (Lipinski definition) is 4. The Morgan fingerprint density at radius 2 is 1.86 bits per heavy atom. The van der Waals surface area contributed by atoms with Crippen molar-refractivity contribution in [2.45, 2.75) is 63.9 Å². The number of halogens is 2. The third-order valence-corrected chi connectivity index (χ3v) is 7.97. The molecule has 1 aliphatic heterocycles. The number of aryl methyl sites for hydroxylation is 2. The molecule has 1 fully saturated rings. The van der Waals surface area contributed by atoms with E-state index in [1.54, 1.807) is 13.3 Å². The van der Waals surface area contributed by atoms with E-state index in [1.165, 1.54) is 12.1 Å². The van der Waals surface area contributed by atoms with Gasteiger partial charge in [0.05, 0.1) is 23.8 Å². The van der Waals surface area contributed by atoms with E-state index in [0.717, 1.165) is 98.7 Å². The van der Waals surface area contributed by atoms with Crippen molar-refractivity contribution in [3.05, 3.63) is 70.6 Å². The maximum Gasteiger partial charge on any atom is 0.123 e. The van der Waals surface area contributed by atoms with Crippen LogP contribution >= 0.6 is 11.6 Å². The third kappa shape index (κ3) is 6.52. The van der Waals surface area contributed by atoms with Crippen molar-refractivity contribution in [2.75, 3.05) is 20.2 Å². The predicted octanol–water partition coefficient (Wildman–Crippen LogP) is 6.50. The number of ether oxygens (including phenoxy) is 1. The molecular formula is C29H36ClFN2O2. The van der Waals surface area contributed by atoms with Gasteiger partial charge in [-0.15, -0.1) is 0 Å². The van der Waals surface area contributed by atoms with Gasteiger partial charge < -0.3 is 15.2 Å². The summed E-state index contributed by atoms with van der Waals surface area (Å²) in [5, 5.41) is 16.5. The first kappa shape index (κ1) is 25.9. The van der Waals surface area contributed by atoms with Gasteiger partial charge in [0, 0.05) is 11.6 Å². The zero-order chi connectivity index (χ0) is 24.7. The lowest BCUT2D eigenvalue weighted by molar-refractivity contribution is -0.0134. The zero-order valence-corrected chi connectivity index (χ0v) is 21.3. The fourth-order valence-corrected chi connectivity index (χ4v) is 5.74. The van der Waals surface area contributed by atoms with Crippen LogP contribution in [0.5, 0.6) is 5.75 Å². The monoisotopic (exact) mass is 498 g/mol. The predicted molar refractivity (Wildman–Crippen MR) is 141 cm³/mol. The fraction of sp³-hybridized carbons (Fsp3) is 0.483. The maximum atomic E-state index is 13.1. The number of rotatable bonds is 11. The van der Waals surface area contributed by atoms with Crippen LogP contribution in [0, 0.1) is 11.2 Å². The summed E-state index contributed by atoms with van der Waals surface area (Å²) in [5.41, 5.74) is 3.11. The minimum absolute atomic E-state index is 0.0614. The van der Waals surface area contributed by atoms with Gasteiger partial charge in [-0.3, -0.25) is 4.98 Å². The van der Waals surface area contributed by atoms with Crippen LogP contribution in [0.2, 0.25) is 5.02 Å². The SMILES string of the molecule is COc1ccc2ncc(Cl)c(CCCC3(C(O)CCCCc4ccc(F)cc4)CCNCC3)c2c1. The number of hydrogen-bond donors (Lipinski definition) is 2. The van der Waals surface area contributed by atoms with E-state index in [2.05, 4.69) is 10.3 Å². The molecule has 1 saturated heterocycles. The van der Waals surface area contributed by atoms with Gasteiger partial charge in [0.15, 0.2) is 0 Å². The average molecular weight is 499 g/mol. The van der Waals surface area contributed by atoms with E-state index in [0.29, 0.717) is 5.02 Å². The molecule has 0 bridgehead atoms. The van der Waals surface area contributed by atoms with Gasteiger partial charge in [0.2, 0.25) is 0 Å². The van der Waals surface area contributed by atoms with Crippen LogP contribution in [0.4, 0.5) is 4.39 Å². The molecule has 0 amide bonds. The molecule has 4 rings (SSSR count). The lowest BCUT2D eigenvalue weighted by Gasteiger charge is -2.42. The van der Waals surface area contributed by atoms with E-state index >= 15 is 0 Å². The number of nitrogens with zero attached hydrogens (tertiary/aromatic N) is 1. The molecule has 4 nitrogen and oxygen atoms in total. The molecule has 3 aromatic rings. The topological polar surface area (TPSA) is 54.4 Å². The van der Waals surface area contributed by atoms with Gasteiger partial charge in [-0.2, -0.15) is 0 Å². The molecule has 1 aromatic heterocycles. The average Bonchev–Trinajstić information content (AvgIpc) is 2.89. The minimum Gasteiger partial charge on any atom is -0.497 e. The van der Waals surface area contributed by atoms with Gasteiger partial charge in [-0.1, -0.05) is 30.2 Å². The van der Waals surface area contributed by atoms with E-state index in [-0.39, 0.29) is 17.3 Å². The Balaban J connectivity index is 1.37. The van der Waals surface area contributed by atoms with E-state index in [1.807, 2.05) is 30.3 Å². The minimum atomic E-state index is -0.317. The quantitative estimate of drug-likeness (QED) is 0.296. The smallest absolute Gasteiger partial charge is 0.123 e. The van der Waals surface area contributed by atoms with E-state index < -0.39 is 0 Å². The van der Waals surface area contributed by atoms with Crippen LogP contribution in [-0.4, -0.2) is 36.4 Å². The summed E-state index contributed by atoms with van der Waals surface area (Å²) in [5.74, 6) is 0.603. The highest BCUT2D eigenvalue weighted by Gasteiger charge is 2.38. The van der Waals surface area contributed by atoms with Crippen molar-refractivity contribution in [1.29, 1.82) is 0 Å². The molecule has 0 spiro atoms. The van der Waals surface area contributed by atoms with Crippen LogP contribution in [0.25, 0.3) is 10.9 Å². The summed E-state index contributed by atoms with van der Waals surface area (Å²) < 4.78 is 18.5. The summed E-state index contributed by atoms with van der Waals surface area (Å²) in [7, 11) is 1.67. The number of aliphatic hydroxyl groups excluding tert-OH is 1. The number of nitrogens with one attached hydrogen (secondary N) is 1. The number of unbranched alkanes of at least 4 members (excludes halogenated alkanes) is 1. The molecule has 188 valence electrons. The molecule has 2 N–H and O–H groups in total. The van der Waals surface area contributed by atoms with Crippen molar-refractivity contribution in [1.82, 2.24) is 10.3 Å². The highest BCUT2D eigenvalue weighted by molar-refractivity contribution is 6.32. The van der Waals surface area contributed by atoms with Gasteiger partial charge in [0.1, 0.15) is 11.6 Å². The van der Waals surface area contributed by atoms with Crippen LogP contribution in [0.15, 0.2) is 48.7 Å². The standard InChI is InChI=1S/C29H36ClFN2O2/c1-35-23-12-13-27-25(19-23)24(26(30)20-33-27)6-4-14-29(15-17-32-18-16-29)28(34)7-3-2-5-21-8-10-22(31)11-9-21/h8-13,19-20,28,32,34H,2-7,14-18H2,1H3. The third-order valence-electron chi connectivity index (χ3n) is 7.65. The van der Waals surface area contributed by atoms with Crippen LogP contribution in [0.1, 0.15) is 56.1 Å². The zero-order valence-electron chi connectivity index (χ0n) is 20.5. The van der Waals surface area contributed by atoms with Gasteiger partial charge in [-0.25, -0.2) is 4.39 Å². The van der Waals surface area contributed by atoms with Gasteiger partial charge >= 0.3 is 0 Å². The van der Waals surface area contributed by atoms with E-state index in [4.69, 9.17) is 16.3 Å². The normalized spacial score (nSPS) is 16.3. The Morgan fingerprint density at radius 1 is 1.09 bits per heavy atom. The molecule has 1 atom stereocenters. The molecule has 1 aliphatic rings. The van der Waals surface area contributed by atoms with Crippen molar-refractivity contribution in [3.8, 4) is 5.75 Å². The van der Waals surface area contributed by atoms with Gasteiger partial charge in [0.25, 0.3) is 0 Å². The molecule has 35 heavy (non-hydrogen) atoms. The molecule has 2 heterocycles. The number of aromatic nitrogens is 1. The van der Waals surface area contributed by atoms with Gasteiger partial charge in [-0.05, 0) is 111 Å². The highest BCUT2D eigenvalue weighted by Crippen LogP contribution is 2.40. The first-order valence-electron chi connectivity index (χ1n) is 12.8. The van der Waals surface area contributed by atoms with Crippen LogP contribution in [0.3, 0.4) is 0 Å². The first-order chi connectivity index (χ1) is 17.0. The number of aliphatic hydroxyl groups is 1. The Labute approximate surface area is 212 Å². The Morgan fingerprint density at radius 3 is 2.60 bits per heavy atom. The summed E-state index contributed by atoms with van der Waals surface area (Å²) in [4.78, 5) is 4.47. The lowest BCUT2D eigenvalue weighted by atomic mass is 9.69. The number of benzene rings is 2. The molecule has 0 aliphatic carbocycles. The molecule has 2 aromatic carbocycles. The number of methoxy groups -OCH3 is 1. The second-order valence-corrected chi connectivity index (χ2v) is 10.2. The Bertz CT molecular complexity index is 1100. The summed E-state index contributed by atoms with van der Waals surface area (Å²) >= 11 is 6.58.